The summed E-state index contributed by atoms with van der Waals surface area (Å²) in [6.07, 6.45) is 0. The molecule has 0 aromatic carbocycles. The van der Waals surface area contributed by atoms with Gasteiger partial charge in [0.1, 0.15) is 5.52 Å². The van der Waals surface area contributed by atoms with E-state index in [1.54, 1.807) is 0 Å². The average molecular weight is 179 g/mol. The third-order valence-electron chi connectivity index (χ3n) is 1.83. The van der Waals surface area contributed by atoms with Gasteiger partial charge < -0.3 is 0 Å². The summed E-state index contributed by atoms with van der Waals surface area (Å²) < 4.78 is 0. The molecule has 0 saturated heterocycles. The number of hydrogen-bond donors (Lipinski definition) is 2. The minimum atomic E-state index is -0.312. The van der Waals surface area contributed by atoms with Crippen LogP contribution in [0, 0.1) is 0 Å². The lowest BCUT2D eigenvalue weighted by Gasteiger charge is -2.01. The first kappa shape index (κ1) is 7.90. The Morgan fingerprint density at radius 2 is 1.85 bits per heavy atom. The summed E-state index contributed by atoms with van der Waals surface area (Å²) in [7, 11) is 0. The fourth-order valence-corrected chi connectivity index (χ4v) is 1.19. The maximum absolute atomic E-state index is 11.2. The Balaban J connectivity index is 2.86. The van der Waals surface area contributed by atoms with Crippen molar-refractivity contribution < 1.29 is 0 Å². The summed E-state index contributed by atoms with van der Waals surface area (Å²) in [6.45, 7) is 3.96. The van der Waals surface area contributed by atoms with E-state index in [4.69, 9.17) is 0 Å². The van der Waals surface area contributed by atoms with Crippen LogP contribution in [-0.4, -0.2) is 25.6 Å². The molecule has 0 aliphatic carbocycles. The Kier molecular flexibility index (Phi) is 1.61. The second kappa shape index (κ2) is 2.65. The molecule has 2 N–H and O–H groups in total. The quantitative estimate of drug-likeness (QED) is 0.653. The molecule has 6 nitrogen and oxygen atoms in total. The molecule has 0 unspecified atom stereocenters. The van der Waals surface area contributed by atoms with Crippen molar-refractivity contribution in [1.29, 1.82) is 0 Å². The summed E-state index contributed by atoms with van der Waals surface area (Å²) in [6, 6.07) is 0. The van der Waals surface area contributed by atoms with Crippen LogP contribution in [0.25, 0.3) is 11.0 Å². The highest BCUT2D eigenvalue weighted by Gasteiger charge is 2.12. The molecule has 0 fully saturated rings. The van der Waals surface area contributed by atoms with E-state index in [2.05, 4.69) is 25.6 Å². The Morgan fingerprint density at radius 1 is 1.15 bits per heavy atom. The van der Waals surface area contributed by atoms with Crippen LogP contribution in [0.4, 0.5) is 0 Å². The fraction of sp³-hybridized carbons (Fsp3) is 0.429. The summed E-state index contributed by atoms with van der Waals surface area (Å²) in [5, 5.41) is 16.3. The average Bonchev–Trinajstić information content (AvgIpc) is 2.53. The first-order valence-corrected chi connectivity index (χ1v) is 3.99. The van der Waals surface area contributed by atoms with E-state index in [9.17, 15) is 4.79 Å². The Bertz CT molecular complexity index is 483. The number of rotatable bonds is 1. The van der Waals surface area contributed by atoms with Crippen molar-refractivity contribution in [3.05, 3.63) is 16.0 Å². The SMILES string of the molecule is CC(C)c1n[nH]c(=O)c2n[nH]nc12. The van der Waals surface area contributed by atoms with E-state index < -0.39 is 0 Å². The Labute approximate surface area is 73.4 Å². The van der Waals surface area contributed by atoms with Crippen molar-refractivity contribution in [2.75, 3.05) is 0 Å². The molecule has 0 spiro atoms. The number of hydrogen-bond acceptors (Lipinski definition) is 4. The topological polar surface area (TPSA) is 87.3 Å². The number of nitrogens with zero attached hydrogens (tertiary/aromatic N) is 3. The number of aromatic nitrogens is 5. The second-order valence-corrected chi connectivity index (χ2v) is 3.11. The van der Waals surface area contributed by atoms with E-state index in [-0.39, 0.29) is 11.5 Å². The van der Waals surface area contributed by atoms with E-state index in [1.165, 1.54) is 0 Å². The minimum Gasteiger partial charge on any atom is -0.265 e. The standard InChI is InChI=1S/C7H9N5O/c1-3(2)4-5-6(10-12-9-5)7(13)11-8-4/h3H,1-2H3,(H,11,13)(H,9,10,12). The normalized spacial score (nSPS) is 11.3. The van der Waals surface area contributed by atoms with Crippen LogP contribution in [0.2, 0.25) is 0 Å². The van der Waals surface area contributed by atoms with Crippen LogP contribution in [0.1, 0.15) is 25.5 Å². The van der Waals surface area contributed by atoms with Crippen molar-refractivity contribution in [2.45, 2.75) is 19.8 Å². The van der Waals surface area contributed by atoms with Crippen molar-refractivity contribution in [1.82, 2.24) is 25.6 Å². The summed E-state index contributed by atoms with van der Waals surface area (Å²) in [5.74, 6) is 0.212. The summed E-state index contributed by atoms with van der Waals surface area (Å²) in [5.41, 5.74) is 1.31. The smallest absolute Gasteiger partial charge is 0.265 e. The second-order valence-electron chi connectivity index (χ2n) is 3.11. The number of H-pyrrole nitrogens is 2. The molecular weight excluding hydrogens is 170 g/mol. The molecule has 0 bridgehead atoms. The van der Waals surface area contributed by atoms with Crippen LogP contribution in [0.3, 0.4) is 0 Å². The largest absolute Gasteiger partial charge is 0.294 e. The number of fused-ring (bicyclic) bond motifs is 1. The zero-order valence-electron chi connectivity index (χ0n) is 7.33. The lowest BCUT2D eigenvalue weighted by Crippen LogP contribution is -2.11. The highest BCUT2D eigenvalue weighted by Crippen LogP contribution is 2.15. The van der Waals surface area contributed by atoms with Crippen molar-refractivity contribution in [2.24, 2.45) is 0 Å². The Hall–Kier alpha value is -1.72. The molecule has 0 saturated carbocycles. The van der Waals surface area contributed by atoms with E-state index in [0.29, 0.717) is 11.0 Å². The van der Waals surface area contributed by atoms with Gasteiger partial charge in [0.05, 0.1) is 5.69 Å². The van der Waals surface area contributed by atoms with Gasteiger partial charge in [0.15, 0.2) is 5.52 Å². The van der Waals surface area contributed by atoms with Gasteiger partial charge in [0.25, 0.3) is 5.56 Å². The molecule has 0 radical (unpaired) electrons. The Morgan fingerprint density at radius 3 is 2.54 bits per heavy atom. The molecule has 0 aliphatic rings. The van der Waals surface area contributed by atoms with Crippen LogP contribution < -0.4 is 5.56 Å². The summed E-state index contributed by atoms with van der Waals surface area (Å²) in [4.78, 5) is 11.2. The molecule has 2 aromatic rings. The van der Waals surface area contributed by atoms with Crippen LogP contribution in [0.15, 0.2) is 4.79 Å². The predicted octanol–water partition coefficient (Wildman–Crippen LogP) is 0.165. The highest BCUT2D eigenvalue weighted by atomic mass is 16.1. The first-order chi connectivity index (χ1) is 6.20. The van der Waals surface area contributed by atoms with Gasteiger partial charge >= 0.3 is 0 Å². The third-order valence-corrected chi connectivity index (χ3v) is 1.83. The molecule has 0 atom stereocenters. The first-order valence-electron chi connectivity index (χ1n) is 3.99. The number of nitrogens with one attached hydrogen (secondary N) is 2. The molecule has 2 aromatic heterocycles. The molecular formula is C7H9N5O. The molecule has 68 valence electrons. The van der Waals surface area contributed by atoms with Gasteiger partial charge in [-0.3, -0.25) is 4.79 Å². The zero-order valence-corrected chi connectivity index (χ0v) is 7.33. The predicted molar refractivity (Wildman–Crippen MR) is 46.4 cm³/mol. The monoisotopic (exact) mass is 179 g/mol. The van der Waals surface area contributed by atoms with Gasteiger partial charge in [-0.05, 0) is 5.92 Å². The molecule has 6 heteroatoms. The minimum absolute atomic E-state index is 0.212. The van der Waals surface area contributed by atoms with Gasteiger partial charge in [0, 0.05) is 0 Å². The summed E-state index contributed by atoms with van der Waals surface area (Å²) >= 11 is 0. The molecule has 2 rings (SSSR count). The molecule has 0 aliphatic heterocycles. The van der Waals surface area contributed by atoms with Crippen LogP contribution in [-0.2, 0) is 0 Å². The molecule has 2 heterocycles. The van der Waals surface area contributed by atoms with E-state index in [0.717, 1.165) is 5.69 Å². The van der Waals surface area contributed by atoms with Gasteiger partial charge in [-0.2, -0.15) is 20.5 Å². The van der Waals surface area contributed by atoms with Crippen molar-refractivity contribution in [3.8, 4) is 0 Å². The van der Waals surface area contributed by atoms with Crippen LogP contribution in [0.5, 0.6) is 0 Å². The van der Waals surface area contributed by atoms with Gasteiger partial charge in [0.2, 0.25) is 0 Å². The maximum Gasteiger partial charge on any atom is 0.294 e. The van der Waals surface area contributed by atoms with Gasteiger partial charge in [-0.15, -0.1) is 0 Å². The van der Waals surface area contributed by atoms with E-state index in [1.807, 2.05) is 13.8 Å². The maximum atomic E-state index is 11.2. The highest BCUT2D eigenvalue weighted by molar-refractivity contribution is 5.74. The number of aromatic amines is 2. The van der Waals surface area contributed by atoms with Gasteiger partial charge in [-0.1, -0.05) is 13.8 Å². The third kappa shape index (κ3) is 1.10. The lowest BCUT2D eigenvalue weighted by molar-refractivity contribution is 0.788. The fourth-order valence-electron chi connectivity index (χ4n) is 1.19. The van der Waals surface area contributed by atoms with Gasteiger partial charge in [-0.25, -0.2) is 5.10 Å². The molecule has 13 heavy (non-hydrogen) atoms. The molecule has 0 amide bonds. The van der Waals surface area contributed by atoms with E-state index >= 15 is 0 Å². The van der Waals surface area contributed by atoms with Crippen LogP contribution >= 0.6 is 0 Å². The van der Waals surface area contributed by atoms with Crippen molar-refractivity contribution in [3.63, 3.8) is 0 Å². The van der Waals surface area contributed by atoms with Crippen molar-refractivity contribution >= 4 is 11.0 Å². The zero-order chi connectivity index (χ0) is 9.42. The lowest BCUT2D eigenvalue weighted by atomic mass is 10.1.